The number of ether oxygens (including phenoxy) is 3. The largest absolute Gasteiger partial charge is 0.493 e. The zero-order chi connectivity index (χ0) is 43.2. The highest BCUT2D eigenvalue weighted by molar-refractivity contribution is 6.08. The molecule has 0 fully saturated rings. The third-order valence-electron chi connectivity index (χ3n) is 11.6. The standard InChI is InChI=1S/C50H56N4O8/c1-50(2,3)62-49(58)52-32-33-27-36(30-37(28-33)59-26-14-24-54-42-19-8-6-16-38(42)39-17-7-9-20-43(39)54)47(56)60-25-11-5-4-10-21-51-46(55)41-31-35-29-34-15-12-22-53-23-13-18-40(44(34)53)45(35)61-48(41)57/h6-9,16-17,19-20,27-31H,4-5,10-15,18,21-26,32H2,1-3H3,(H,51,55)(H,52,58). The Morgan fingerprint density at radius 1 is 0.790 bits per heavy atom. The maximum atomic E-state index is 13.3. The van der Waals surface area contributed by atoms with Crippen LogP contribution in [0.5, 0.6) is 5.75 Å². The number of esters is 1. The minimum atomic E-state index is -0.650. The highest BCUT2D eigenvalue weighted by atomic mass is 16.6. The Labute approximate surface area is 361 Å². The minimum Gasteiger partial charge on any atom is -0.493 e. The summed E-state index contributed by atoms with van der Waals surface area (Å²) in [4.78, 5) is 54.2. The Morgan fingerprint density at radius 3 is 2.27 bits per heavy atom. The number of unbranched alkanes of at least 4 members (excludes halogenated alkanes) is 3. The van der Waals surface area contributed by atoms with Crippen molar-refractivity contribution in [1.82, 2.24) is 15.2 Å². The van der Waals surface area contributed by atoms with Gasteiger partial charge in [0.15, 0.2) is 0 Å². The molecule has 12 heteroatoms. The van der Waals surface area contributed by atoms with Crippen molar-refractivity contribution in [1.29, 1.82) is 0 Å². The van der Waals surface area contributed by atoms with Gasteiger partial charge in [-0.15, -0.1) is 0 Å². The number of anilines is 1. The summed E-state index contributed by atoms with van der Waals surface area (Å²) in [5.41, 5.74) is 6.30. The second-order valence-corrected chi connectivity index (χ2v) is 17.3. The number of para-hydroxylation sites is 2. The second kappa shape index (κ2) is 18.8. The molecule has 62 heavy (non-hydrogen) atoms. The Hall–Kier alpha value is -6.30. The number of carbonyl (C=O) groups is 3. The van der Waals surface area contributed by atoms with Gasteiger partial charge in [-0.25, -0.2) is 14.4 Å². The van der Waals surface area contributed by atoms with Crippen molar-refractivity contribution in [2.45, 2.75) is 97.2 Å². The van der Waals surface area contributed by atoms with E-state index in [1.165, 1.54) is 33.1 Å². The van der Waals surface area contributed by atoms with Crippen molar-refractivity contribution in [2.75, 3.05) is 37.7 Å². The molecule has 4 heterocycles. The first kappa shape index (κ1) is 42.4. The summed E-state index contributed by atoms with van der Waals surface area (Å²) < 4.78 is 25.4. The lowest BCUT2D eigenvalue weighted by molar-refractivity contribution is 0.0495. The molecule has 2 aliphatic heterocycles. The molecule has 8 rings (SSSR count). The van der Waals surface area contributed by atoms with Crippen molar-refractivity contribution >= 4 is 56.4 Å². The maximum absolute atomic E-state index is 13.3. The van der Waals surface area contributed by atoms with Crippen LogP contribution in [-0.2, 0) is 35.4 Å². The molecule has 0 unspecified atom stereocenters. The summed E-state index contributed by atoms with van der Waals surface area (Å²) in [6.45, 7) is 9.38. The van der Waals surface area contributed by atoms with Crippen molar-refractivity contribution in [3.63, 3.8) is 0 Å². The SMILES string of the molecule is CC(C)(C)OC(=O)NCc1cc(OCCCn2c3ccccc3c3ccccc32)cc(C(=O)OCCCCCCNC(=O)c2cc3cc4c5c(c3oc2=O)CCCN5CCC4)c1. The molecule has 12 nitrogen and oxygen atoms in total. The molecule has 2 aromatic heterocycles. The number of aromatic nitrogens is 1. The van der Waals surface area contributed by atoms with Crippen LogP contribution in [0, 0.1) is 0 Å². The van der Waals surface area contributed by atoms with Crippen molar-refractivity contribution in [3.05, 3.63) is 117 Å². The number of alkyl carbamates (subject to hydrolysis) is 1. The average molecular weight is 841 g/mol. The van der Waals surface area contributed by atoms with Gasteiger partial charge in [-0.05, 0) is 126 Å². The first-order valence-corrected chi connectivity index (χ1v) is 22.0. The number of hydrogen-bond donors (Lipinski definition) is 2. The van der Waals surface area contributed by atoms with Gasteiger partial charge >= 0.3 is 17.7 Å². The van der Waals surface area contributed by atoms with Crippen LogP contribution in [0.15, 0.2) is 88.1 Å². The topological polar surface area (TPSA) is 141 Å². The number of aryl methyl sites for hydroxylation is 3. The van der Waals surface area contributed by atoms with Gasteiger partial charge in [0.1, 0.15) is 22.5 Å². The van der Waals surface area contributed by atoms with Gasteiger partial charge in [0, 0.05) is 71.2 Å². The highest BCUT2D eigenvalue weighted by Crippen LogP contribution is 2.40. The smallest absolute Gasteiger partial charge is 0.407 e. The van der Waals surface area contributed by atoms with E-state index in [2.05, 4.69) is 74.7 Å². The van der Waals surface area contributed by atoms with E-state index in [1.807, 2.05) is 6.07 Å². The van der Waals surface area contributed by atoms with Gasteiger partial charge in [0.05, 0.1) is 18.8 Å². The Bertz CT molecular complexity index is 2620. The van der Waals surface area contributed by atoms with Crippen LogP contribution in [0.1, 0.15) is 103 Å². The molecule has 0 radical (unpaired) electrons. The van der Waals surface area contributed by atoms with Crippen LogP contribution in [0.2, 0.25) is 0 Å². The molecule has 0 saturated heterocycles. The predicted molar refractivity (Wildman–Crippen MR) is 241 cm³/mol. The zero-order valence-corrected chi connectivity index (χ0v) is 36.0. The Morgan fingerprint density at radius 2 is 1.52 bits per heavy atom. The summed E-state index contributed by atoms with van der Waals surface area (Å²) in [7, 11) is 0. The number of nitrogens with zero attached hydrogens (tertiary/aromatic N) is 2. The number of nitrogens with one attached hydrogen (secondary N) is 2. The quantitative estimate of drug-likeness (QED) is 0.0554. The van der Waals surface area contributed by atoms with E-state index in [0.29, 0.717) is 48.5 Å². The fraction of sp³-hybridized carbons (Fsp3) is 0.400. The molecule has 0 aliphatic carbocycles. The first-order chi connectivity index (χ1) is 30.0. The molecule has 2 amide bonds. The third-order valence-corrected chi connectivity index (χ3v) is 11.6. The predicted octanol–water partition coefficient (Wildman–Crippen LogP) is 9.24. The molecule has 0 atom stereocenters. The van der Waals surface area contributed by atoms with Crippen molar-refractivity contribution in [2.24, 2.45) is 0 Å². The fourth-order valence-electron chi connectivity index (χ4n) is 8.84. The van der Waals surface area contributed by atoms with Gasteiger partial charge in [0.2, 0.25) is 0 Å². The number of rotatable bonds is 16. The van der Waals surface area contributed by atoms with Crippen molar-refractivity contribution < 1.29 is 33.0 Å². The first-order valence-electron chi connectivity index (χ1n) is 22.0. The summed E-state index contributed by atoms with van der Waals surface area (Å²) >= 11 is 0. The van der Waals surface area contributed by atoms with E-state index in [4.69, 9.17) is 18.6 Å². The Kier molecular flexibility index (Phi) is 12.8. The van der Waals surface area contributed by atoms with E-state index < -0.39 is 29.2 Å². The number of benzene rings is 4. The van der Waals surface area contributed by atoms with Crippen LogP contribution in [0.25, 0.3) is 32.8 Å². The molecule has 2 N–H and O–H groups in total. The molecule has 0 saturated carbocycles. The van der Waals surface area contributed by atoms with Gasteiger partial charge in [0.25, 0.3) is 5.91 Å². The monoisotopic (exact) mass is 840 g/mol. The normalized spacial score (nSPS) is 13.6. The molecule has 4 aromatic carbocycles. The zero-order valence-electron chi connectivity index (χ0n) is 36.0. The van der Waals surface area contributed by atoms with E-state index in [9.17, 15) is 19.2 Å². The Balaban J connectivity index is 0.815. The summed E-state index contributed by atoms with van der Waals surface area (Å²) in [5.74, 6) is -0.411. The fourth-order valence-corrected chi connectivity index (χ4v) is 8.84. The van der Waals surface area contributed by atoms with E-state index in [-0.39, 0.29) is 18.7 Å². The minimum absolute atomic E-state index is 0.0256. The molecule has 6 aromatic rings. The van der Waals surface area contributed by atoms with E-state index in [0.717, 1.165) is 75.5 Å². The molecule has 0 bridgehead atoms. The third kappa shape index (κ3) is 9.75. The number of hydrogen-bond acceptors (Lipinski definition) is 9. The van der Waals surface area contributed by atoms with Gasteiger partial charge < -0.3 is 38.7 Å². The van der Waals surface area contributed by atoms with Crippen LogP contribution in [-0.4, -0.2) is 61.0 Å². The molecule has 0 spiro atoms. The van der Waals surface area contributed by atoms with Crippen LogP contribution >= 0.6 is 0 Å². The average Bonchev–Trinajstić information content (AvgIpc) is 3.58. The number of fused-ring (bicyclic) bond motifs is 5. The lowest BCUT2D eigenvalue weighted by atomic mass is 9.90. The summed E-state index contributed by atoms with van der Waals surface area (Å²) in [6.07, 6.45) is 7.07. The van der Waals surface area contributed by atoms with Gasteiger partial charge in [-0.3, -0.25) is 4.79 Å². The van der Waals surface area contributed by atoms with E-state index >= 15 is 0 Å². The second-order valence-electron chi connectivity index (χ2n) is 17.3. The van der Waals surface area contributed by atoms with Crippen LogP contribution in [0.4, 0.5) is 10.5 Å². The highest BCUT2D eigenvalue weighted by Gasteiger charge is 2.28. The van der Waals surface area contributed by atoms with Gasteiger partial charge in [-0.1, -0.05) is 42.8 Å². The molecule has 324 valence electrons. The molecular formula is C50H56N4O8. The number of amides is 2. The summed E-state index contributed by atoms with van der Waals surface area (Å²) in [6, 6.07) is 25.7. The molecular weight excluding hydrogens is 785 g/mol. The van der Waals surface area contributed by atoms with Crippen LogP contribution < -0.4 is 25.9 Å². The lowest BCUT2D eigenvalue weighted by Crippen LogP contribution is -2.34. The van der Waals surface area contributed by atoms with Crippen molar-refractivity contribution in [3.8, 4) is 5.75 Å². The number of carbonyl (C=O) groups excluding carboxylic acids is 3. The molecule has 2 aliphatic rings. The lowest BCUT2D eigenvalue weighted by Gasteiger charge is -2.37. The maximum Gasteiger partial charge on any atom is 0.407 e. The van der Waals surface area contributed by atoms with Crippen LogP contribution in [0.3, 0.4) is 0 Å². The summed E-state index contributed by atoms with van der Waals surface area (Å²) in [5, 5.41) is 8.89. The van der Waals surface area contributed by atoms with E-state index in [1.54, 1.807) is 39.0 Å². The van der Waals surface area contributed by atoms with Gasteiger partial charge in [-0.2, -0.15) is 0 Å².